The largest absolute Gasteiger partial charge is 0.392 e. The van der Waals surface area contributed by atoms with Gasteiger partial charge in [-0.3, -0.25) is 0 Å². The quantitative estimate of drug-likeness (QED) is 0.411. The molecular formula is C7H15N3S. The summed E-state index contributed by atoms with van der Waals surface area (Å²) in [5, 5.41) is 0. The molecule has 0 aliphatic rings. The molecule has 2 atom stereocenters. The second-order valence-corrected chi connectivity index (χ2v) is 3.14. The molecule has 3 nitrogen and oxygen atoms in total. The van der Waals surface area contributed by atoms with Gasteiger partial charge < -0.3 is 17.2 Å². The minimum absolute atomic E-state index is 0.239. The molecule has 0 saturated heterocycles. The lowest BCUT2D eigenvalue weighted by Gasteiger charge is -2.27. The van der Waals surface area contributed by atoms with Crippen LogP contribution in [0.15, 0.2) is 12.2 Å². The zero-order chi connectivity index (χ0) is 9.07. The summed E-state index contributed by atoms with van der Waals surface area (Å²) in [6.45, 7) is 3.59. The summed E-state index contributed by atoms with van der Waals surface area (Å²) in [7, 11) is 0. The van der Waals surface area contributed by atoms with Crippen molar-refractivity contribution in [2.45, 2.75) is 25.4 Å². The van der Waals surface area contributed by atoms with Gasteiger partial charge in [-0.1, -0.05) is 24.4 Å². The van der Waals surface area contributed by atoms with E-state index in [1.54, 1.807) is 13.0 Å². The lowest BCUT2D eigenvalue weighted by atomic mass is 9.94. The van der Waals surface area contributed by atoms with Crippen molar-refractivity contribution in [3.8, 4) is 0 Å². The van der Waals surface area contributed by atoms with Crippen LogP contribution in [0.3, 0.4) is 0 Å². The second kappa shape index (κ2) is 3.80. The van der Waals surface area contributed by atoms with Gasteiger partial charge in [0, 0.05) is 6.04 Å². The van der Waals surface area contributed by atoms with E-state index in [2.05, 4.69) is 0 Å². The van der Waals surface area contributed by atoms with Crippen LogP contribution >= 0.6 is 12.2 Å². The van der Waals surface area contributed by atoms with E-state index >= 15 is 0 Å². The summed E-state index contributed by atoms with van der Waals surface area (Å²) in [4.78, 5) is 0.239. The van der Waals surface area contributed by atoms with Crippen molar-refractivity contribution >= 4 is 17.2 Å². The molecule has 4 heteroatoms. The third kappa shape index (κ3) is 2.57. The summed E-state index contributed by atoms with van der Waals surface area (Å²) in [5.74, 6) is 0. The zero-order valence-corrected chi connectivity index (χ0v) is 7.69. The molecule has 0 fully saturated rings. The van der Waals surface area contributed by atoms with Crippen molar-refractivity contribution in [2.75, 3.05) is 0 Å². The summed E-state index contributed by atoms with van der Waals surface area (Å²) in [5.41, 5.74) is 16.0. The van der Waals surface area contributed by atoms with Gasteiger partial charge in [0.15, 0.2) is 0 Å². The van der Waals surface area contributed by atoms with Gasteiger partial charge in [-0.05, 0) is 13.8 Å². The third-order valence-corrected chi connectivity index (χ3v) is 2.06. The van der Waals surface area contributed by atoms with E-state index in [9.17, 15) is 0 Å². The highest BCUT2D eigenvalue weighted by atomic mass is 32.1. The van der Waals surface area contributed by atoms with Gasteiger partial charge in [0.25, 0.3) is 0 Å². The van der Waals surface area contributed by atoms with E-state index < -0.39 is 5.54 Å². The molecule has 0 aliphatic carbocycles. The Morgan fingerprint density at radius 3 is 2.36 bits per heavy atom. The predicted octanol–water partition coefficient (Wildman–Crippen LogP) is -0.107. The van der Waals surface area contributed by atoms with Gasteiger partial charge in [0.2, 0.25) is 0 Å². The van der Waals surface area contributed by atoms with Crippen LogP contribution < -0.4 is 17.2 Å². The molecule has 2 unspecified atom stereocenters. The van der Waals surface area contributed by atoms with Crippen LogP contribution in [-0.4, -0.2) is 16.6 Å². The number of hydrogen-bond acceptors (Lipinski definition) is 3. The van der Waals surface area contributed by atoms with Crippen molar-refractivity contribution in [3.05, 3.63) is 12.2 Å². The van der Waals surface area contributed by atoms with Crippen molar-refractivity contribution in [1.29, 1.82) is 0 Å². The summed E-state index contributed by atoms with van der Waals surface area (Å²) in [6.07, 6.45) is 3.60. The minimum Gasteiger partial charge on any atom is -0.392 e. The normalized spacial score (nSPS) is 19.6. The fourth-order valence-corrected chi connectivity index (χ4v) is 0.708. The molecule has 0 saturated carbocycles. The van der Waals surface area contributed by atoms with E-state index in [4.69, 9.17) is 29.4 Å². The molecule has 11 heavy (non-hydrogen) atoms. The van der Waals surface area contributed by atoms with Crippen LogP contribution in [0.1, 0.15) is 13.8 Å². The van der Waals surface area contributed by atoms with Crippen LogP contribution in [0.4, 0.5) is 0 Å². The summed E-state index contributed by atoms with van der Waals surface area (Å²) < 4.78 is 0. The van der Waals surface area contributed by atoms with E-state index in [-0.39, 0.29) is 11.0 Å². The van der Waals surface area contributed by atoms with Crippen molar-refractivity contribution in [3.63, 3.8) is 0 Å². The standard InChI is InChI=1S/C7H15N3S/c1-3-4-5(8)7(2,10)6(9)11/h3-5H,8,10H2,1-2H3,(H2,9,11). The first kappa shape index (κ1) is 10.6. The first-order valence-electron chi connectivity index (χ1n) is 3.40. The molecule has 0 heterocycles. The van der Waals surface area contributed by atoms with Gasteiger partial charge in [0.1, 0.15) is 0 Å². The Labute approximate surface area is 72.6 Å². The highest BCUT2D eigenvalue weighted by Crippen LogP contribution is 2.05. The van der Waals surface area contributed by atoms with Crippen molar-refractivity contribution < 1.29 is 0 Å². The maximum Gasteiger partial charge on any atom is 0.0946 e. The fourth-order valence-electron chi connectivity index (χ4n) is 0.571. The number of hydrogen-bond donors (Lipinski definition) is 3. The molecule has 0 amide bonds. The van der Waals surface area contributed by atoms with Crippen LogP contribution in [-0.2, 0) is 0 Å². The Bertz CT molecular complexity index is 175. The molecule has 64 valence electrons. The van der Waals surface area contributed by atoms with Gasteiger partial charge >= 0.3 is 0 Å². The van der Waals surface area contributed by atoms with Crippen molar-refractivity contribution in [1.82, 2.24) is 0 Å². The molecular weight excluding hydrogens is 158 g/mol. The van der Waals surface area contributed by atoms with Gasteiger partial charge in [-0.2, -0.15) is 0 Å². The average Bonchev–Trinajstić information content (AvgIpc) is 1.88. The zero-order valence-electron chi connectivity index (χ0n) is 6.87. The molecule has 0 aromatic rings. The van der Waals surface area contributed by atoms with Crippen LogP contribution in [0.2, 0.25) is 0 Å². The number of rotatable bonds is 3. The van der Waals surface area contributed by atoms with Crippen LogP contribution in [0.5, 0.6) is 0 Å². The number of thiocarbonyl (C=S) groups is 1. The Balaban J connectivity index is 4.41. The van der Waals surface area contributed by atoms with Crippen LogP contribution in [0.25, 0.3) is 0 Å². The monoisotopic (exact) mass is 173 g/mol. The first-order valence-corrected chi connectivity index (χ1v) is 3.81. The Morgan fingerprint density at radius 2 is 2.09 bits per heavy atom. The van der Waals surface area contributed by atoms with Gasteiger partial charge in [-0.15, -0.1) is 0 Å². The molecule has 0 aromatic carbocycles. The predicted molar refractivity (Wildman–Crippen MR) is 52.2 cm³/mol. The molecule has 0 aliphatic heterocycles. The topological polar surface area (TPSA) is 78.1 Å². The number of nitrogens with two attached hydrogens (primary N) is 3. The first-order chi connectivity index (χ1) is 4.92. The highest BCUT2D eigenvalue weighted by molar-refractivity contribution is 7.80. The molecule has 0 aromatic heterocycles. The molecule has 6 N–H and O–H groups in total. The fraction of sp³-hybridized carbons (Fsp3) is 0.571. The Morgan fingerprint density at radius 1 is 1.64 bits per heavy atom. The maximum atomic E-state index is 5.75. The van der Waals surface area contributed by atoms with Gasteiger partial charge in [0.05, 0.1) is 10.5 Å². The number of allylic oxidation sites excluding steroid dienone is 1. The molecule has 0 rings (SSSR count). The smallest absolute Gasteiger partial charge is 0.0946 e. The minimum atomic E-state index is -0.790. The Kier molecular flexibility index (Phi) is 3.65. The van der Waals surface area contributed by atoms with E-state index in [0.717, 1.165) is 0 Å². The highest BCUT2D eigenvalue weighted by Gasteiger charge is 2.27. The summed E-state index contributed by atoms with van der Waals surface area (Å²) >= 11 is 4.76. The lowest BCUT2D eigenvalue weighted by Crippen LogP contribution is -2.59. The maximum absolute atomic E-state index is 5.75. The van der Waals surface area contributed by atoms with Gasteiger partial charge in [-0.25, -0.2) is 0 Å². The molecule has 0 radical (unpaired) electrons. The SMILES string of the molecule is CC=CC(N)C(C)(N)C(N)=S. The van der Waals surface area contributed by atoms with E-state index in [0.29, 0.717) is 0 Å². The molecule has 0 bridgehead atoms. The van der Waals surface area contributed by atoms with Crippen molar-refractivity contribution in [2.24, 2.45) is 17.2 Å². The van der Waals surface area contributed by atoms with E-state index in [1.165, 1.54) is 0 Å². The average molecular weight is 173 g/mol. The Hall–Kier alpha value is -0.450. The summed E-state index contributed by atoms with van der Waals surface area (Å²) in [6, 6.07) is -0.315. The molecule has 0 spiro atoms. The third-order valence-electron chi connectivity index (χ3n) is 1.62. The van der Waals surface area contributed by atoms with E-state index in [1.807, 2.05) is 13.0 Å². The second-order valence-electron chi connectivity index (χ2n) is 2.70. The lowest BCUT2D eigenvalue weighted by molar-refractivity contribution is 0.556. The van der Waals surface area contributed by atoms with Crippen LogP contribution in [0, 0.1) is 0 Å².